The van der Waals surface area contributed by atoms with Gasteiger partial charge >= 0.3 is 0 Å². The first-order valence-electron chi connectivity index (χ1n) is 4.92. The maximum atomic E-state index is 6.19. The molecule has 0 unspecified atom stereocenters. The predicted molar refractivity (Wildman–Crippen MR) is 61.9 cm³/mol. The van der Waals surface area contributed by atoms with Crippen LogP contribution in [0.1, 0.15) is 20.8 Å². The molecule has 1 aliphatic rings. The first-order valence-corrected chi connectivity index (χ1v) is 4.92. The molecule has 0 fully saturated rings. The maximum Gasteiger partial charge on any atom is 0.0542 e. The van der Waals surface area contributed by atoms with Crippen LogP contribution in [-0.4, -0.2) is 23.5 Å². The Labute approximate surface area is 86.8 Å². The lowest BCUT2D eigenvalue weighted by Crippen LogP contribution is -2.48. The molecule has 0 amide bonds. The number of rotatable bonds is 2. The minimum absolute atomic E-state index is 0.00489. The van der Waals surface area contributed by atoms with Crippen LogP contribution in [0.25, 0.3) is 0 Å². The number of nitrogens with two attached hydrogens (primary N) is 1. The topological polar surface area (TPSA) is 29.3 Å². The summed E-state index contributed by atoms with van der Waals surface area (Å²) in [6, 6.07) is 0.0729. The van der Waals surface area contributed by atoms with Crippen LogP contribution in [-0.2, 0) is 0 Å². The average Bonchev–Trinajstić information content (AvgIpc) is 2.28. The Morgan fingerprint density at radius 2 is 2.07 bits per heavy atom. The summed E-state index contributed by atoms with van der Waals surface area (Å²) in [6.45, 7) is 10.1. The van der Waals surface area contributed by atoms with Gasteiger partial charge in [0.2, 0.25) is 0 Å². The largest absolute Gasteiger partial charge is 0.371 e. The molecule has 0 bridgehead atoms. The summed E-state index contributed by atoms with van der Waals surface area (Å²) in [6.07, 6.45) is 5.77. The second-order valence-electron chi connectivity index (χ2n) is 4.33. The molecule has 1 atom stereocenters. The van der Waals surface area contributed by atoms with Crippen molar-refractivity contribution in [1.82, 2.24) is 4.90 Å². The number of allylic oxidation sites excluding steroid dienone is 3. The van der Waals surface area contributed by atoms with Crippen molar-refractivity contribution >= 4 is 0 Å². The van der Waals surface area contributed by atoms with Gasteiger partial charge in [-0.2, -0.15) is 0 Å². The van der Waals surface area contributed by atoms with Gasteiger partial charge in [0.1, 0.15) is 0 Å². The van der Waals surface area contributed by atoms with Gasteiger partial charge in [0.05, 0.1) is 11.6 Å². The smallest absolute Gasteiger partial charge is 0.0542 e. The summed E-state index contributed by atoms with van der Waals surface area (Å²) in [4.78, 5) is 2.24. The fraction of sp³-hybridized carbons (Fsp3) is 0.500. The fourth-order valence-electron chi connectivity index (χ4n) is 1.84. The van der Waals surface area contributed by atoms with Gasteiger partial charge in [-0.3, -0.25) is 0 Å². The van der Waals surface area contributed by atoms with E-state index in [4.69, 9.17) is 5.73 Å². The Bertz CT molecular complexity index is 297. The number of likely N-dealkylation sites (N-methyl/N-ethyl adjacent to an activating group) is 1. The zero-order valence-electron chi connectivity index (χ0n) is 9.54. The standard InChI is InChI=1S/C12H20N2/c1-6-7-8-10-9(2)14(5)12(3,4)11(10)13/h6-8,11H,1,13H2,2-5H3/b8-7-/t11-/m1/s1. The summed E-state index contributed by atoms with van der Waals surface area (Å²) in [5.41, 5.74) is 8.65. The van der Waals surface area contributed by atoms with Gasteiger partial charge < -0.3 is 10.6 Å². The van der Waals surface area contributed by atoms with Crippen molar-refractivity contribution in [2.24, 2.45) is 5.73 Å². The first kappa shape index (κ1) is 11.1. The molecule has 2 heteroatoms. The van der Waals surface area contributed by atoms with Crippen LogP contribution in [0.4, 0.5) is 0 Å². The van der Waals surface area contributed by atoms with Gasteiger partial charge in [0, 0.05) is 12.7 Å². The number of nitrogens with zero attached hydrogens (tertiary/aromatic N) is 1. The average molecular weight is 192 g/mol. The highest BCUT2D eigenvalue weighted by atomic mass is 15.2. The van der Waals surface area contributed by atoms with E-state index in [1.807, 2.05) is 6.08 Å². The highest BCUT2D eigenvalue weighted by Gasteiger charge is 2.39. The van der Waals surface area contributed by atoms with Crippen LogP contribution in [0.5, 0.6) is 0 Å². The SMILES string of the molecule is C=C/C=C\C1=C(C)N(C)C(C)(C)[C@@H]1N. The third-order valence-corrected chi connectivity index (χ3v) is 3.29. The molecule has 1 aliphatic heterocycles. The van der Waals surface area contributed by atoms with E-state index in [1.165, 1.54) is 11.3 Å². The zero-order chi connectivity index (χ0) is 10.9. The van der Waals surface area contributed by atoms with Crippen LogP contribution in [0.2, 0.25) is 0 Å². The summed E-state index contributed by atoms with van der Waals surface area (Å²) in [7, 11) is 2.09. The molecule has 14 heavy (non-hydrogen) atoms. The van der Waals surface area contributed by atoms with Crippen LogP contribution < -0.4 is 5.73 Å². The Hall–Kier alpha value is -1.02. The molecule has 0 saturated carbocycles. The Balaban J connectivity index is 3.05. The van der Waals surface area contributed by atoms with E-state index in [0.717, 1.165) is 0 Å². The molecule has 0 aromatic heterocycles. The predicted octanol–water partition coefficient (Wildman–Crippen LogP) is 2.05. The number of hydrogen-bond donors (Lipinski definition) is 1. The quantitative estimate of drug-likeness (QED) is 0.678. The second kappa shape index (κ2) is 3.62. The Morgan fingerprint density at radius 3 is 2.43 bits per heavy atom. The lowest BCUT2D eigenvalue weighted by Gasteiger charge is -2.34. The molecule has 0 radical (unpaired) electrons. The van der Waals surface area contributed by atoms with E-state index >= 15 is 0 Å². The highest BCUT2D eigenvalue weighted by molar-refractivity contribution is 5.39. The Kier molecular flexibility index (Phi) is 2.86. The van der Waals surface area contributed by atoms with E-state index in [2.05, 4.69) is 45.4 Å². The lowest BCUT2D eigenvalue weighted by molar-refractivity contribution is 0.214. The van der Waals surface area contributed by atoms with Gasteiger partial charge in [-0.05, 0) is 26.3 Å². The number of hydrogen-bond acceptors (Lipinski definition) is 2. The third kappa shape index (κ3) is 1.50. The van der Waals surface area contributed by atoms with Crippen molar-refractivity contribution in [3.05, 3.63) is 36.1 Å². The van der Waals surface area contributed by atoms with Gasteiger partial charge in [-0.15, -0.1) is 0 Å². The summed E-state index contributed by atoms with van der Waals surface area (Å²) >= 11 is 0. The van der Waals surface area contributed by atoms with Gasteiger partial charge in [-0.1, -0.05) is 24.8 Å². The van der Waals surface area contributed by atoms with E-state index in [9.17, 15) is 0 Å². The minimum atomic E-state index is 0.00489. The van der Waals surface area contributed by atoms with Crippen LogP contribution in [0.3, 0.4) is 0 Å². The van der Waals surface area contributed by atoms with E-state index in [1.54, 1.807) is 6.08 Å². The summed E-state index contributed by atoms with van der Waals surface area (Å²) in [5.74, 6) is 0. The molecule has 2 N–H and O–H groups in total. The monoisotopic (exact) mass is 192 g/mol. The van der Waals surface area contributed by atoms with Gasteiger partial charge in [-0.25, -0.2) is 0 Å². The molecule has 1 rings (SSSR count). The molecule has 0 spiro atoms. The second-order valence-corrected chi connectivity index (χ2v) is 4.33. The molecular weight excluding hydrogens is 172 g/mol. The summed E-state index contributed by atoms with van der Waals surface area (Å²) < 4.78 is 0. The molecule has 78 valence electrons. The molecule has 0 aromatic rings. The molecule has 0 aromatic carbocycles. The van der Waals surface area contributed by atoms with Crippen LogP contribution in [0, 0.1) is 0 Å². The van der Waals surface area contributed by atoms with Crippen molar-refractivity contribution in [2.75, 3.05) is 7.05 Å². The lowest BCUT2D eigenvalue weighted by atomic mass is 9.92. The molecular formula is C12H20N2. The van der Waals surface area contributed by atoms with E-state index in [0.29, 0.717) is 0 Å². The molecule has 0 saturated heterocycles. The summed E-state index contributed by atoms with van der Waals surface area (Å²) in [5, 5.41) is 0. The molecule has 0 aliphatic carbocycles. The molecule has 1 heterocycles. The van der Waals surface area contributed by atoms with Crippen LogP contribution >= 0.6 is 0 Å². The zero-order valence-corrected chi connectivity index (χ0v) is 9.54. The fourth-order valence-corrected chi connectivity index (χ4v) is 1.84. The van der Waals surface area contributed by atoms with Gasteiger partial charge in [0.15, 0.2) is 0 Å². The maximum absolute atomic E-state index is 6.19. The van der Waals surface area contributed by atoms with Crippen molar-refractivity contribution in [3.63, 3.8) is 0 Å². The van der Waals surface area contributed by atoms with Crippen molar-refractivity contribution in [3.8, 4) is 0 Å². The normalized spacial score (nSPS) is 26.4. The third-order valence-electron chi connectivity index (χ3n) is 3.29. The molecule has 2 nitrogen and oxygen atoms in total. The minimum Gasteiger partial charge on any atom is -0.371 e. The van der Waals surface area contributed by atoms with Crippen molar-refractivity contribution in [2.45, 2.75) is 32.4 Å². The van der Waals surface area contributed by atoms with Crippen molar-refractivity contribution < 1.29 is 0 Å². The van der Waals surface area contributed by atoms with Crippen LogP contribution in [0.15, 0.2) is 36.1 Å². The Morgan fingerprint density at radius 1 is 1.50 bits per heavy atom. The van der Waals surface area contributed by atoms with E-state index in [-0.39, 0.29) is 11.6 Å². The first-order chi connectivity index (χ1) is 6.42. The van der Waals surface area contributed by atoms with Gasteiger partial charge in [0.25, 0.3) is 0 Å². The van der Waals surface area contributed by atoms with E-state index < -0.39 is 0 Å². The highest BCUT2D eigenvalue weighted by Crippen LogP contribution is 2.34. The van der Waals surface area contributed by atoms with Crippen molar-refractivity contribution in [1.29, 1.82) is 0 Å².